The van der Waals surface area contributed by atoms with E-state index in [4.69, 9.17) is 5.84 Å². The number of nitrogens with one attached hydrogen (secondary N) is 1. The van der Waals surface area contributed by atoms with E-state index in [0.29, 0.717) is 0 Å². The summed E-state index contributed by atoms with van der Waals surface area (Å²) in [4.78, 5) is 5.48. The summed E-state index contributed by atoms with van der Waals surface area (Å²) in [5.41, 5.74) is 6.04. The second-order valence-electron chi connectivity index (χ2n) is 3.44. The molecule has 0 aliphatic carbocycles. The van der Waals surface area contributed by atoms with Crippen molar-refractivity contribution in [2.75, 3.05) is 5.43 Å². The number of hydrazine groups is 1. The van der Waals surface area contributed by atoms with Gasteiger partial charge in [-0.1, -0.05) is 41.2 Å². The summed E-state index contributed by atoms with van der Waals surface area (Å²) in [7, 11) is 0. The molecule has 3 N–H and O–H groups in total. The van der Waals surface area contributed by atoms with Gasteiger partial charge in [0.2, 0.25) is 0 Å². The van der Waals surface area contributed by atoms with Crippen LogP contribution in [0.2, 0.25) is 0 Å². The van der Waals surface area contributed by atoms with Gasteiger partial charge in [-0.05, 0) is 19.4 Å². The fraction of sp³-hybridized carbons (Fsp3) is 0.182. The molecular formula is C11H13N3S. The number of hydrogen-bond donors (Lipinski definition) is 2. The third kappa shape index (κ3) is 2.00. The summed E-state index contributed by atoms with van der Waals surface area (Å²) < 4.78 is 0. The van der Waals surface area contributed by atoms with E-state index in [1.54, 1.807) is 11.3 Å². The summed E-state index contributed by atoms with van der Waals surface area (Å²) in [5, 5.41) is 0.753. The van der Waals surface area contributed by atoms with Gasteiger partial charge in [0.25, 0.3) is 0 Å². The molecule has 0 bridgehead atoms. The molecule has 0 radical (unpaired) electrons. The highest BCUT2D eigenvalue weighted by Crippen LogP contribution is 2.32. The fourth-order valence-electron chi connectivity index (χ4n) is 1.43. The molecule has 0 saturated heterocycles. The standard InChI is InChI=1S/C11H13N3S/c1-7-3-5-9(6-4-7)10-8(2)13-11(14-12)15-10/h3-6H,12H2,1-2H3,(H,13,14). The van der Waals surface area contributed by atoms with Gasteiger partial charge in [-0.2, -0.15) is 0 Å². The van der Waals surface area contributed by atoms with Gasteiger partial charge < -0.3 is 0 Å². The maximum Gasteiger partial charge on any atom is 0.197 e. The molecular weight excluding hydrogens is 206 g/mol. The largest absolute Gasteiger partial charge is 0.300 e. The van der Waals surface area contributed by atoms with Crippen LogP contribution >= 0.6 is 11.3 Å². The van der Waals surface area contributed by atoms with E-state index in [1.807, 2.05) is 6.92 Å². The molecule has 0 unspecified atom stereocenters. The number of aryl methyl sites for hydroxylation is 2. The molecule has 78 valence electrons. The molecule has 1 aromatic carbocycles. The minimum Gasteiger partial charge on any atom is -0.300 e. The molecule has 2 rings (SSSR count). The zero-order chi connectivity index (χ0) is 10.8. The lowest BCUT2D eigenvalue weighted by Gasteiger charge is -1.98. The van der Waals surface area contributed by atoms with Crippen LogP contribution in [0, 0.1) is 13.8 Å². The van der Waals surface area contributed by atoms with E-state index in [9.17, 15) is 0 Å². The highest BCUT2D eigenvalue weighted by Gasteiger charge is 2.08. The summed E-state index contributed by atoms with van der Waals surface area (Å²) in [5.74, 6) is 5.33. The van der Waals surface area contributed by atoms with Gasteiger partial charge in [-0.25, -0.2) is 10.8 Å². The minimum atomic E-state index is 0.753. The Morgan fingerprint density at radius 3 is 2.40 bits per heavy atom. The second kappa shape index (κ2) is 4.00. The van der Waals surface area contributed by atoms with E-state index < -0.39 is 0 Å². The quantitative estimate of drug-likeness (QED) is 0.603. The lowest BCUT2D eigenvalue weighted by molar-refractivity contribution is 1.22. The molecule has 0 saturated carbocycles. The van der Waals surface area contributed by atoms with Crippen LogP contribution in [0.25, 0.3) is 10.4 Å². The molecule has 0 fully saturated rings. The minimum absolute atomic E-state index is 0.753. The number of thiazole rings is 1. The van der Waals surface area contributed by atoms with Crippen LogP contribution < -0.4 is 11.3 Å². The van der Waals surface area contributed by atoms with Gasteiger partial charge >= 0.3 is 0 Å². The Hall–Kier alpha value is -1.39. The molecule has 1 aromatic heterocycles. The zero-order valence-electron chi connectivity index (χ0n) is 8.74. The molecule has 0 amide bonds. The maximum atomic E-state index is 5.33. The van der Waals surface area contributed by atoms with Gasteiger partial charge in [-0.15, -0.1) is 0 Å². The van der Waals surface area contributed by atoms with E-state index in [2.05, 4.69) is 41.6 Å². The molecule has 0 spiro atoms. The highest BCUT2D eigenvalue weighted by atomic mass is 32.1. The Morgan fingerprint density at radius 1 is 1.20 bits per heavy atom. The number of rotatable bonds is 2. The van der Waals surface area contributed by atoms with E-state index in [0.717, 1.165) is 10.8 Å². The first kappa shape index (κ1) is 10.1. The van der Waals surface area contributed by atoms with Crippen LogP contribution in [0.5, 0.6) is 0 Å². The van der Waals surface area contributed by atoms with Crippen molar-refractivity contribution in [2.24, 2.45) is 5.84 Å². The molecule has 15 heavy (non-hydrogen) atoms. The Balaban J connectivity index is 2.44. The lowest BCUT2D eigenvalue weighted by atomic mass is 10.1. The van der Waals surface area contributed by atoms with Crippen LogP contribution in [0.15, 0.2) is 24.3 Å². The summed E-state index contributed by atoms with van der Waals surface area (Å²) in [6.07, 6.45) is 0. The van der Waals surface area contributed by atoms with Gasteiger partial charge in [0.15, 0.2) is 5.13 Å². The predicted octanol–water partition coefficient (Wildman–Crippen LogP) is 2.71. The zero-order valence-corrected chi connectivity index (χ0v) is 9.56. The number of nitrogens with two attached hydrogens (primary N) is 1. The number of hydrogen-bond acceptors (Lipinski definition) is 4. The van der Waals surface area contributed by atoms with Crippen LogP contribution in [0.4, 0.5) is 5.13 Å². The van der Waals surface area contributed by atoms with Crippen molar-refractivity contribution in [2.45, 2.75) is 13.8 Å². The van der Waals surface area contributed by atoms with E-state index >= 15 is 0 Å². The topological polar surface area (TPSA) is 50.9 Å². The van der Waals surface area contributed by atoms with Crippen LogP contribution in [-0.2, 0) is 0 Å². The van der Waals surface area contributed by atoms with Crippen LogP contribution in [-0.4, -0.2) is 4.98 Å². The van der Waals surface area contributed by atoms with E-state index in [-0.39, 0.29) is 0 Å². The van der Waals surface area contributed by atoms with Crippen LogP contribution in [0.3, 0.4) is 0 Å². The number of anilines is 1. The first-order valence-corrected chi connectivity index (χ1v) is 5.53. The van der Waals surface area contributed by atoms with Gasteiger partial charge in [-0.3, -0.25) is 5.43 Å². The van der Waals surface area contributed by atoms with Crippen molar-refractivity contribution in [1.82, 2.24) is 4.98 Å². The number of benzene rings is 1. The highest BCUT2D eigenvalue weighted by molar-refractivity contribution is 7.19. The average molecular weight is 219 g/mol. The number of nitrogens with zero attached hydrogens (tertiary/aromatic N) is 1. The van der Waals surface area contributed by atoms with Crippen molar-refractivity contribution in [3.8, 4) is 10.4 Å². The smallest absolute Gasteiger partial charge is 0.197 e. The molecule has 0 atom stereocenters. The normalized spacial score (nSPS) is 10.3. The van der Waals surface area contributed by atoms with Crippen molar-refractivity contribution >= 4 is 16.5 Å². The Labute approximate surface area is 92.9 Å². The Bertz CT molecular complexity index is 459. The van der Waals surface area contributed by atoms with Gasteiger partial charge in [0.05, 0.1) is 10.6 Å². The summed E-state index contributed by atoms with van der Waals surface area (Å²) in [6, 6.07) is 8.42. The summed E-state index contributed by atoms with van der Waals surface area (Å²) in [6.45, 7) is 4.07. The van der Waals surface area contributed by atoms with E-state index in [1.165, 1.54) is 16.0 Å². The molecule has 0 aliphatic heterocycles. The fourth-order valence-corrected chi connectivity index (χ4v) is 2.31. The Kier molecular flexibility index (Phi) is 2.70. The Morgan fingerprint density at radius 2 is 1.87 bits per heavy atom. The summed E-state index contributed by atoms with van der Waals surface area (Å²) >= 11 is 1.57. The maximum absolute atomic E-state index is 5.33. The first-order valence-electron chi connectivity index (χ1n) is 4.72. The average Bonchev–Trinajstić information content (AvgIpc) is 2.61. The predicted molar refractivity (Wildman–Crippen MR) is 64.8 cm³/mol. The molecule has 0 aliphatic rings. The first-order chi connectivity index (χ1) is 7.20. The molecule has 2 aromatic rings. The monoisotopic (exact) mass is 219 g/mol. The number of nitrogen functional groups attached to an aromatic ring is 1. The van der Waals surface area contributed by atoms with Gasteiger partial charge in [0, 0.05) is 0 Å². The third-order valence-electron chi connectivity index (χ3n) is 2.23. The third-order valence-corrected chi connectivity index (χ3v) is 3.37. The lowest BCUT2D eigenvalue weighted by Crippen LogP contribution is -2.05. The van der Waals surface area contributed by atoms with Crippen molar-refractivity contribution in [1.29, 1.82) is 0 Å². The van der Waals surface area contributed by atoms with Crippen molar-refractivity contribution < 1.29 is 0 Å². The van der Waals surface area contributed by atoms with Gasteiger partial charge in [0.1, 0.15) is 0 Å². The molecule has 1 heterocycles. The van der Waals surface area contributed by atoms with Crippen LogP contribution in [0.1, 0.15) is 11.3 Å². The van der Waals surface area contributed by atoms with Crippen molar-refractivity contribution in [3.05, 3.63) is 35.5 Å². The molecule has 4 heteroatoms. The van der Waals surface area contributed by atoms with Crippen molar-refractivity contribution in [3.63, 3.8) is 0 Å². The molecule has 3 nitrogen and oxygen atoms in total. The second-order valence-corrected chi connectivity index (χ2v) is 4.44. The number of aromatic nitrogens is 1. The SMILES string of the molecule is Cc1ccc(-c2sc(NN)nc2C)cc1.